The Kier molecular flexibility index (Phi) is 12.4. The highest BCUT2D eigenvalue weighted by Gasteiger charge is 2.62. The average Bonchev–Trinajstić information content (AvgIpc) is 4.06. The second kappa shape index (κ2) is 16.7. The van der Waals surface area contributed by atoms with E-state index in [-0.39, 0.29) is 30.5 Å². The minimum atomic E-state index is -5.01. The predicted molar refractivity (Wildman–Crippen MR) is 201 cm³/mol. The summed E-state index contributed by atoms with van der Waals surface area (Å²) in [5.74, 6) is -4.10. The van der Waals surface area contributed by atoms with E-state index >= 15 is 0 Å². The van der Waals surface area contributed by atoms with Crippen LogP contribution >= 0.6 is 0 Å². The lowest BCUT2D eigenvalue weighted by molar-refractivity contribution is -0.143. The number of benzene rings is 1. The second-order valence-corrected chi connectivity index (χ2v) is 18.5. The zero-order chi connectivity index (χ0) is 42.2. The lowest BCUT2D eigenvalue weighted by Gasteiger charge is -2.33. The Balaban J connectivity index is 1.38. The maximum atomic E-state index is 14.8. The van der Waals surface area contributed by atoms with Crippen molar-refractivity contribution in [1.82, 2.24) is 30.2 Å². The number of amides is 4. The number of rotatable bonds is 9. The molecule has 0 unspecified atom stereocenters. The van der Waals surface area contributed by atoms with E-state index in [4.69, 9.17) is 18.9 Å². The van der Waals surface area contributed by atoms with Crippen LogP contribution in [0.25, 0.3) is 11.0 Å². The largest absolute Gasteiger partial charge is 0.497 e. The number of aromatic nitrogens is 2. The summed E-state index contributed by atoms with van der Waals surface area (Å²) in [6, 6.07) is 1.37. The van der Waals surface area contributed by atoms with Gasteiger partial charge in [0.15, 0.2) is 0 Å². The van der Waals surface area contributed by atoms with Crippen LogP contribution in [0.2, 0.25) is 0 Å². The Hall–Kier alpha value is -4.46. The van der Waals surface area contributed by atoms with Crippen molar-refractivity contribution < 1.29 is 59.7 Å². The third-order valence-corrected chi connectivity index (χ3v) is 12.8. The van der Waals surface area contributed by atoms with Gasteiger partial charge < -0.3 is 34.5 Å². The number of methoxy groups -OCH3 is 2. The number of hydrogen-bond acceptors (Lipinski definition) is 12. The molecule has 2 aromatic rings. The summed E-state index contributed by atoms with van der Waals surface area (Å²) in [6.45, 7) is 4.54. The molecule has 4 fully saturated rings. The van der Waals surface area contributed by atoms with Crippen LogP contribution in [-0.4, -0.2) is 109 Å². The molecule has 20 heteroatoms. The van der Waals surface area contributed by atoms with Gasteiger partial charge in [0, 0.05) is 25.5 Å². The highest BCUT2D eigenvalue weighted by atomic mass is 32.2. The van der Waals surface area contributed by atoms with Gasteiger partial charge in [-0.15, -0.1) is 0 Å². The van der Waals surface area contributed by atoms with Crippen molar-refractivity contribution in [3.05, 3.63) is 23.9 Å². The Morgan fingerprint density at radius 1 is 1.00 bits per heavy atom. The van der Waals surface area contributed by atoms with Crippen LogP contribution in [0.15, 0.2) is 18.2 Å². The first-order valence-electron chi connectivity index (χ1n) is 19.5. The van der Waals surface area contributed by atoms with E-state index in [1.807, 2.05) is 0 Å². The summed E-state index contributed by atoms with van der Waals surface area (Å²) in [7, 11) is -1.17. The Bertz CT molecular complexity index is 2010. The first kappa shape index (κ1) is 43.1. The number of halogens is 3. The number of fused-ring (bicyclic) bond motifs is 3. The molecule has 0 radical (unpaired) electrons. The smallest absolute Gasteiger partial charge is 0.438 e. The van der Waals surface area contributed by atoms with Crippen molar-refractivity contribution in [3.8, 4) is 11.6 Å². The number of ether oxygens (including phenoxy) is 4. The number of hydrogen-bond donors (Lipinski definition) is 3. The molecule has 0 spiro atoms. The van der Waals surface area contributed by atoms with Crippen LogP contribution in [-0.2, 0) is 40.1 Å². The van der Waals surface area contributed by atoms with Gasteiger partial charge in [0.25, 0.3) is 5.91 Å². The quantitative estimate of drug-likeness (QED) is 0.328. The summed E-state index contributed by atoms with van der Waals surface area (Å²) >= 11 is 0. The van der Waals surface area contributed by atoms with E-state index < -0.39 is 105 Å². The van der Waals surface area contributed by atoms with Gasteiger partial charge in [-0.25, -0.2) is 23.2 Å². The number of alkyl halides is 3. The van der Waals surface area contributed by atoms with Crippen molar-refractivity contribution >= 4 is 44.9 Å². The fraction of sp³-hybridized carbons (Fsp3) is 0.684. The highest BCUT2D eigenvalue weighted by Crippen LogP contribution is 2.48. The molecule has 6 rings (SSSR count). The third kappa shape index (κ3) is 9.86. The van der Waals surface area contributed by atoms with Crippen LogP contribution in [0.5, 0.6) is 11.6 Å². The standard InChI is InChI=1S/C38H51F3N6O10S/c1-36(2,3)57-35(51)44-29-21(20-54-4)10-8-6-7-9-11-22-18-37(22,34(50)46-58(52,53)25-13-14-25)45-31(48)28-17-24(19-47(28)33(29)49)56-32-30(38(39,40)41)42-26-15-12-23(55-5)16-27(26)43-32/h12,15-16,21-22,24-25,28-29H,6-11,13-14,17-20H2,1-5H3,(H,44,51)(H,45,48)(H,46,50)/t21-,22+,24+,28-,29-,37+/m0/s1. The van der Waals surface area contributed by atoms with Gasteiger partial charge in [0.1, 0.15) is 35.1 Å². The van der Waals surface area contributed by atoms with Gasteiger partial charge in [-0.1, -0.05) is 25.7 Å². The first-order chi connectivity index (χ1) is 27.2. The van der Waals surface area contributed by atoms with Gasteiger partial charge in [-0.05, 0) is 70.9 Å². The summed E-state index contributed by atoms with van der Waals surface area (Å²) in [6.07, 6.45) is -2.90. The Labute approximate surface area is 334 Å². The number of carbonyl (C=O) groups excluding carboxylic acids is 4. The Morgan fingerprint density at radius 3 is 2.34 bits per heavy atom. The van der Waals surface area contributed by atoms with Crippen LogP contribution in [0.1, 0.15) is 90.7 Å². The minimum Gasteiger partial charge on any atom is -0.497 e. The molecule has 3 heterocycles. The number of nitrogens with zero attached hydrogens (tertiary/aromatic N) is 3. The molecule has 2 aliphatic heterocycles. The van der Waals surface area contributed by atoms with E-state index in [0.29, 0.717) is 44.3 Å². The molecule has 4 aliphatic rings. The van der Waals surface area contributed by atoms with Gasteiger partial charge in [-0.2, -0.15) is 13.2 Å². The molecule has 3 N–H and O–H groups in total. The summed E-state index contributed by atoms with van der Waals surface area (Å²) < 4.78 is 93.4. The molecule has 2 saturated carbocycles. The molecule has 0 bridgehead atoms. The zero-order valence-corrected chi connectivity index (χ0v) is 34.0. The van der Waals surface area contributed by atoms with Crippen molar-refractivity contribution in [1.29, 1.82) is 0 Å². The first-order valence-corrected chi connectivity index (χ1v) is 21.1. The lowest BCUT2D eigenvalue weighted by Crippen LogP contribution is -2.59. The summed E-state index contributed by atoms with van der Waals surface area (Å²) in [5.41, 5.74) is -4.03. The molecule has 16 nitrogen and oxygen atoms in total. The normalized spacial score (nSPS) is 27.3. The molecular weight excluding hydrogens is 790 g/mol. The summed E-state index contributed by atoms with van der Waals surface area (Å²) in [4.78, 5) is 65.4. The van der Waals surface area contributed by atoms with Crippen molar-refractivity contribution in [2.24, 2.45) is 11.8 Å². The average molecular weight is 841 g/mol. The molecule has 58 heavy (non-hydrogen) atoms. The molecule has 4 amide bonds. The number of sulfonamides is 1. The molecule has 6 atom stereocenters. The van der Waals surface area contributed by atoms with E-state index in [2.05, 4.69) is 25.3 Å². The lowest BCUT2D eigenvalue weighted by atomic mass is 9.92. The summed E-state index contributed by atoms with van der Waals surface area (Å²) in [5, 5.41) is 4.73. The number of carbonyl (C=O) groups is 4. The molecule has 2 aliphatic carbocycles. The van der Waals surface area contributed by atoms with E-state index in [1.165, 1.54) is 32.4 Å². The van der Waals surface area contributed by atoms with Gasteiger partial charge in [0.2, 0.25) is 33.4 Å². The molecule has 1 aromatic carbocycles. The van der Waals surface area contributed by atoms with E-state index in [9.17, 15) is 40.8 Å². The van der Waals surface area contributed by atoms with Crippen LogP contribution in [0.4, 0.5) is 18.0 Å². The minimum absolute atomic E-state index is 0.0296. The fourth-order valence-electron chi connectivity index (χ4n) is 7.80. The van der Waals surface area contributed by atoms with Crippen LogP contribution in [0.3, 0.4) is 0 Å². The predicted octanol–water partition coefficient (Wildman–Crippen LogP) is 4.00. The van der Waals surface area contributed by atoms with Crippen LogP contribution < -0.4 is 24.8 Å². The molecule has 2 saturated heterocycles. The van der Waals surface area contributed by atoms with Crippen molar-refractivity contribution in [2.75, 3.05) is 27.4 Å². The fourth-order valence-corrected chi connectivity index (χ4v) is 9.17. The SMILES string of the molecule is COC[C@@H]1CCCCCC[C@@H]2C[C@@]2(C(=O)NS(=O)(=O)C2CC2)NC(=O)[C@@H]2C[C@@H](Oc3nc4cc(OC)ccc4nc3C(F)(F)F)CN2C(=O)[C@H]1NC(=O)OC(C)(C)C. The molecule has 1 aromatic heterocycles. The second-order valence-electron chi connectivity index (χ2n) is 16.6. The maximum Gasteiger partial charge on any atom is 0.438 e. The number of alkyl carbamates (subject to hydrolysis) is 1. The Morgan fingerprint density at radius 2 is 1.71 bits per heavy atom. The maximum absolute atomic E-state index is 14.8. The van der Waals surface area contributed by atoms with E-state index in [0.717, 1.165) is 17.7 Å². The highest BCUT2D eigenvalue weighted by molar-refractivity contribution is 7.91. The number of nitrogens with one attached hydrogen (secondary N) is 3. The van der Waals surface area contributed by atoms with E-state index in [1.54, 1.807) is 20.8 Å². The van der Waals surface area contributed by atoms with Crippen molar-refractivity contribution in [2.45, 2.75) is 126 Å². The topological polar surface area (TPSA) is 204 Å². The monoisotopic (exact) mass is 840 g/mol. The zero-order valence-electron chi connectivity index (χ0n) is 33.1. The third-order valence-electron chi connectivity index (χ3n) is 11.0. The van der Waals surface area contributed by atoms with Gasteiger partial charge in [-0.3, -0.25) is 19.1 Å². The molecule has 320 valence electrons. The van der Waals surface area contributed by atoms with Crippen LogP contribution in [0, 0.1) is 11.8 Å². The molecular formula is C38H51F3N6O10S. The van der Waals surface area contributed by atoms with Gasteiger partial charge >= 0.3 is 12.3 Å². The van der Waals surface area contributed by atoms with Gasteiger partial charge in [0.05, 0.1) is 36.5 Å². The van der Waals surface area contributed by atoms with Crippen molar-refractivity contribution in [3.63, 3.8) is 0 Å².